The van der Waals surface area contributed by atoms with Gasteiger partial charge in [-0.25, -0.2) is 15.0 Å². The Morgan fingerprint density at radius 1 is 0.885 bits per heavy atom. The van der Waals surface area contributed by atoms with Crippen molar-refractivity contribution in [2.75, 3.05) is 7.11 Å². The molecule has 0 N–H and O–H groups in total. The number of aryl methyl sites for hydroxylation is 1. The first-order chi connectivity index (χ1) is 12.7. The van der Waals surface area contributed by atoms with Gasteiger partial charge in [0.1, 0.15) is 11.4 Å². The Labute approximate surface area is 156 Å². The van der Waals surface area contributed by atoms with Crippen LogP contribution in [0.4, 0.5) is 0 Å². The molecule has 0 aliphatic heterocycles. The number of para-hydroxylation sites is 1. The Morgan fingerprint density at radius 2 is 1.73 bits per heavy atom. The fraction of sp³-hybridized carbons (Fsp3) is 0.0952. The molecule has 2 aromatic heterocycles. The second-order valence-corrected chi connectivity index (χ2v) is 6.34. The van der Waals surface area contributed by atoms with Gasteiger partial charge in [0.25, 0.3) is 0 Å². The van der Waals surface area contributed by atoms with Crippen LogP contribution in [0.15, 0.2) is 60.7 Å². The number of fused-ring (bicyclic) bond motifs is 1. The zero-order valence-electron chi connectivity index (χ0n) is 14.4. The molecule has 0 radical (unpaired) electrons. The quantitative estimate of drug-likeness (QED) is 0.495. The molecular formula is C21H16ClN3O. The minimum Gasteiger partial charge on any atom is -0.495 e. The van der Waals surface area contributed by atoms with E-state index in [1.54, 1.807) is 7.11 Å². The molecule has 0 amide bonds. The molecular weight excluding hydrogens is 346 g/mol. The number of halogens is 1. The van der Waals surface area contributed by atoms with Crippen LogP contribution in [-0.4, -0.2) is 22.1 Å². The monoisotopic (exact) mass is 361 g/mol. The summed E-state index contributed by atoms with van der Waals surface area (Å²) in [5.41, 5.74) is 4.15. The van der Waals surface area contributed by atoms with Gasteiger partial charge >= 0.3 is 0 Å². The van der Waals surface area contributed by atoms with Crippen molar-refractivity contribution in [3.63, 3.8) is 0 Å². The number of nitrogens with zero attached hydrogens (tertiary/aromatic N) is 3. The Bertz CT molecular complexity index is 1110. The molecule has 0 fully saturated rings. The highest BCUT2D eigenvalue weighted by Crippen LogP contribution is 2.30. The summed E-state index contributed by atoms with van der Waals surface area (Å²) in [6, 6.07) is 19.4. The summed E-state index contributed by atoms with van der Waals surface area (Å²) in [5, 5.41) is 1.65. The largest absolute Gasteiger partial charge is 0.495 e. The van der Waals surface area contributed by atoms with E-state index in [9.17, 15) is 0 Å². The minimum absolute atomic E-state index is 0.574. The standard InChI is InChI=1S/C21H16ClN3O/c1-13-19(26-2)11-10-18(23-13)21-24-17-9-4-3-8-16(17)20(25-21)14-6-5-7-15(22)12-14/h3-12H,1-2H3. The van der Waals surface area contributed by atoms with Crippen molar-refractivity contribution in [1.82, 2.24) is 15.0 Å². The Kier molecular flexibility index (Phi) is 4.27. The highest BCUT2D eigenvalue weighted by atomic mass is 35.5. The van der Waals surface area contributed by atoms with E-state index >= 15 is 0 Å². The first kappa shape index (κ1) is 16.5. The number of benzene rings is 2. The van der Waals surface area contributed by atoms with Gasteiger partial charge in [-0.15, -0.1) is 0 Å². The molecule has 2 heterocycles. The van der Waals surface area contributed by atoms with Crippen molar-refractivity contribution in [3.05, 3.63) is 71.4 Å². The Balaban J connectivity index is 1.96. The number of hydrogen-bond acceptors (Lipinski definition) is 4. The van der Waals surface area contributed by atoms with Crippen LogP contribution >= 0.6 is 11.6 Å². The second-order valence-electron chi connectivity index (χ2n) is 5.91. The molecule has 0 saturated carbocycles. The third-order valence-corrected chi connectivity index (χ3v) is 4.42. The summed E-state index contributed by atoms with van der Waals surface area (Å²) >= 11 is 6.19. The lowest BCUT2D eigenvalue weighted by Gasteiger charge is -2.10. The third-order valence-electron chi connectivity index (χ3n) is 4.19. The van der Waals surface area contributed by atoms with E-state index in [1.807, 2.05) is 67.6 Å². The minimum atomic E-state index is 0.574. The molecule has 0 aliphatic carbocycles. The van der Waals surface area contributed by atoms with Gasteiger partial charge in [0, 0.05) is 16.0 Å². The molecule has 0 unspecified atom stereocenters. The van der Waals surface area contributed by atoms with E-state index in [2.05, 4.69) is 4.98 Å². The Morgan fingerprint density at radius 3 is 2.50 bits per heavy atom. The zero-order valence-corrected chi connectivity index (χ0v) is 15.2. The maximum atomic E-state index is 6.19. The lowest BCUT2D eigenvalue weighted by atomic mass is 10.1. The average Bonchev–Trinajstić information content (AvgIpc) is 2.67. The third kappa shape index (κ3) is 3.00. The summed E-state index contributed by atoms with van der Waals surface area (Å²) in [7, 11) is 1.63. The molecule has 26 heavy (non-hydrogen) atoms. The average molecular weight is 362 g/mol. The van der Waals surface area contributed by atoms with Gasteiger partial charge in [-0.3, -0.25) is 0 Å². The van der Waals surface area contributed by atoms with E-state index in [-0.39, 0.29) is 0 Å². The van der Waals surface area contributed by atoms with E-state index in [0.29, 0.717) is 16.5 Å². The fourth-order valence-corrected chi connectivity index (χ4v) is 3.13. The van der Waals surface area contributed by atoms with Crippen molar-refractivity contribution in [3.8, 4) is 28.5 Å². The van der Waals surface area contributed by atoms with Gasteiger partial charge in [0.15, 0.2) is 5.82 Å². The van der Waals surface area contributed by atoms with E-state index < -0.39 is 0 Å². The molecule has 0 atom stereocenters. The van der Waals surface area contributed by atoms with Crippen molar-refractivity contribution in [2.45, 2.75) is 6.92 Å². The molecule has 4 nitrogen and oxygen atoms in total. The topological polar surface area (TPSA) is 47.9 Å². The molecule has 4 rings (SSSR count). The summed E-state index contributed by atoms with van der Waals surface area (Å²) in [5.74, 6) is 1.31. The summed E-state index contributed by atoms with van der Waals surface area (Å²) in [6.07, 6.45) is 0. The van der Waals surface area contributed by atoms with Crippen LogP contribution in [-0.2, 0) is 0 Å². The molecule has 5 heteroatoms. The van der Waals surface area contributed by atoms with Crippen LogP contribution in [0.25, 0.3) is 33.7 Å². The van der Waals surface area contributed by atoms with Crippen LogP contribution in [0.2, 0.25) is 5.02 Å². The Hall–Kier alpha value is -2.98. The second kappa shape index (κ2) is 6.73. The first-order valence-electron chi connectivity index (χ1n) is 8.20. The van der Waals surface area contributed by atoms with Gasteiger partial charge in [-0.2, -0.15) is 0 Å². The molecule has 0 spiro atoms. The highest BCUT2D eigenvalue weighted by Gasteiger charge is 2.13. The van der Waals surface area contributed by atoms with Crippen LogP contribution in [0.3, 0.4) is 0 Å². The molecule has 0 aliphatic rings. The molecule has 4 aromatic rings. The molecule has 2 aromatic carbocycles. The predicted molar refractivity (Wildman–Crippen MR) is 105 cm³/mol. The van der Waals surface area contributed by atoms with Crippen molar-refractivity contribution < 1.29 is 4.74 Å². The SMILES string of the molecule is COc1ccc(-c2nc(-c3cccc(Cl)c3)c3ccccc3n2)nc1C. The number of hydrogen-bond donors (Lipinski definition) is 0. The smallest absolute Gasteiger partial charge is 0.179 e. The van der Waals surface area contributed by atoms with Crippen LogP contribution < -0.4 is 4.74 Å². The van der Waals surface area contributed by atoms with Crippen LogP contribution in [0.1, 0.15) is 5.69 Å². The molecule has 0 saturated heterocycles. The van der Waals surface area contributed by atoms with Crippen molar-refractivity contribution in [2.24, 2.45) is 0 Å². The fourth-order valence-electron chi connectivity index (χ4n) is 2.94. The van der Waals surface area contributed by atoms with E-state index in [1.165, 1.54) is 0 Å². The van der Waals surface area contributed by atoms with Crippen LogP contribution in [0, 0.1) is 6.92 Å². The lowest BCUT2D eigenvalue weighted by molar-refractivity contribution is 0.409. The summed E-state index contributed by atoms with van der Waals surface area (Å²) in [4.78, 5) is 14.1. The normalized spacial score (nSPS) is 10.9. The van der Waals surface area contributed by atoms with Gasteiger partial charge < -0.3 is 4.74 Å². The highest BCUT2D eigenvalue weighted by molar-refractivity contribution is 6.30. The van der Waals surface area contributed by atoms with Gasteiger partial charge in [-0.1, -0.05) is 41.9 Å². The van der Waals surface area contributed by atoms with E-state index in [4.69, 9.17) is 26.3 Å². The zero-order chi connectivity index (χ0) is 18.1. The number of ether oxygens (including phenoxy) is 1. The maximum absolute atomic E-state index is 6.19. The molecule has 0 bridgehead atoms. The summed E-state index contributed by atoms with van der Waals surface area (Å²) in [6.45, 7) is 1.90. The van der Waals surface area contributed by atoms with E-state index in [0.717, 1.165) is 33.6 Å². The van der Waals surface area contributed by atoms with Crippen molar-refractivity contribution >= 4 is 22.5 Å². The van der Waals surface area contributed by atoms with Crippen molar-refractivity contribution in [1.29, 1.82) is 0 Å². The number of rotatable bonds is 3. The maximum Gasteiger partial charge on any atom is 0.179 e. The number of methoxy groups -OCH3 is 1. The number of pyridine rings is 1. The number of aromatic nitrogens is 3. The van der Waals surface area contributed by atoms with Gasteiger partial charge in [0.05, 0.1) is 24.0 Å². The van der Waals surface area contributed by atoms with Crippen LogP contribution in [0.5, 0.6) is 5.75 Å². The molecule has 128 valence electrons. The first-order valence-corrected chi connectivity index (χ1v) is 8.58. The van der Waals surface area contributed by atoms with Gasteiger partial charge in [-0.05, 0) is 37.3 Å². The predicted octanol–water partition coefficient (Wildman–Crippen LogP) is 5.33. The van der Waals surface area contributed by atoms with Gasteiger partial charge in [0.2, 0.25) is 0 Å². The lowest BCUT2D eigenvalue weighted by Crippen LogP contribution is -1.98. The summed E-state index contributed by atoms with van der Waals surface area (Å²) < 4.78 is 5.29.